The molecule has 2 unspecified atom stereocenters. The molecule has 2 heteroatoms. The molecule has 0 bridgehead atoms. The third kappa shape index (κ3) is 2.28. The number of epoxide rings is 1. The van der Waals surface area contributed by atoms with Gasteiger partial charge in [-0.05, 0) is 19.8 Å². The molecule has 0 saturated carbocycles. The summed E-state index contributed by atoms with van der Waals surface area (Å²) in [4.78, 5) is 0. The lowest BCUT2D eigenvalue weighted by molar-refractivity contribution is 0.176. The quantitative estimate of drug-likeness (QED) is 0.546. The van der Waals surface area contributed by atoms with Crippen LogP contribution in [0.3, 0.4) is 0 Å². The standard InChI is InChI=1S/C6H12O2/c1-5(7)2-3-6-4-8-6/h5-7H,2-4H2,1H3. The summed E-state index contributed by atoms with van der Waals surface area (Å²) in [5, 5.41) is 8.77. The zero-order valence-electron chi connectivity index (χ0n) is 5.13. The van der Waals surface area contributed by atoms with Crippen molar-refractivity contribution in [3.8, 4) is 0 Å². The second-order valence-electron chi connectivity index (χ2n) is 2.38. The molecule has 48 valence electrons. The molecule has 8 heavy (non-hydrogen) atoms. The lowest BCUT2D eigenvalue weighted by Gasteiger charge is -1.98. The minimum absolute atomic E-state index is 0.154. The fourth-order valence-corrected chi connectivity index (χ4v) is 0.662. The van der Waals surface area contributed by atoms with Crippen LogP contribution >= 0.6 is 0 Å². The third-order valence-electron chi connectivity index (χ3n) is 1.31. The normalized spacial score (nSPS) is 30.0. The summed E-state index contributed by atoms with van der Waals surface area (Å²) in [6, 6.07) is 0. The molecule has 2 nitrogen and oxygen atoms in total. The topological polar surface area (TPSA) is 32.8 Å². The Morgan fingerprint density at radius 2 is 2.50 bits per heavy atom. The number of hydrogen-bond acceptors (Lipinski definition) is 2. The fraction of sp³-hybridized carbons (Fsp3) is 1.00. The Morgan fingerprint density at radius 1 is 1.88 bits per heavy atom. The van der Waals surface area contributed by atoms with Crippen LogP contribution in [-0.4, -0.2) is 23.9 Å². The molecule has 1 aliphatic heterocycles. The van der Waals surface area contributed by atoms with Crippen molar-refractivity contribution in [2.45, 2.75) is 32.0 Å². The van der Waals surface area contributed by atoms with Crippen molar-refractivity contribution in [3.63, 3.8) is 0 Å². The minimum atomic E-state index is -0.154. The van der Waals surface area contributed by atoms with Crippen molar-refractivity contribution in [2.24, 2.45) is 0 Å². The smallest absolute Gasteiger partial charge is 0.0810 e. The summed E-state index contributed by atoms with van der Waals surface area (Å²) >= 11 is 0. The van der Waals surface area contributed by atoms with Crippen molar-refractivity contribution in [3.05, 3.63) is 0 Å². The van der Waals surface area contributed by atoms with Crippen molar-refractivity contribution in [1.82, 2.24) is 0 Å². The molecular formula is C6H12O2. The molecular weight excluding hydrogens is 104 g/mol. The average Bonchev–Trinajstić information content (AvgIpc) is 2.41. The predicted molar refractivity (Wildman–Crippen MR) is 30.7 cm³/mol. The summed E-state index contributed by atoms with van der Waals surface area (Å²) < 4.78 is 4.95. The van der Waals surface area contributed by atoms with Gasteiger partial charge in [-0.2, -0.15) is 0 Å². The Bertz CT molecular complexity index is 64.9. The largest absolute Gasteiger partial charge is 0.393 e. The van der Waals surface area contributed by atoms with E-state index in [0.717, 1.165) is 19.4 Å². The SMILES string of the molecule is CC(O)CCC1CO1. The van der Waals surface area contributed by atoms with Crippen LogP contribution in [0.4, 0.5) is 0 Å². The molecule has 0 spiro atoms. The lowest BCUT2D eigenvalue weighted by atomic mass is 10.2. The summed E-state index contributed by atoms with van der Waals surface area (Å²) in [5.41, 5.74) is 0. The third-order valence-corrected chi connectivity index (χ3v) is 1.31. The van der Waals surface area contributed by atoms with Crippen molar-refractivity contribution >= 4 is 0 Å². The van der Waals surface area contributed by atoms with Gasteiger partial charge in [-0.1, -0.05) is 0 Å². The molecule has 1 saturated heterocycles. The van der Waals surface area contributed by atoms with E-state index in [2.05, 4.69) is 0 Å². The first-order chi connectivity index (χ1) is 3.79. The van der Waals surface area contributed by atoms with Crippen molar-refractivity contribution < 1.29 is 9.84 Å². The van der Waals surface area contributed by atoms with Crippen LogP contribution in [0.15, 0.2) is 0 Å². The van der Waals surface area contributed by atoms with E-state index in [-0.39, 0.29) is 6.10 Å². The molecule has 0 amide bonds. The van der Waals surface area contributed by atoms with Crippen LogP contribution in [0.1, 0.15) is 19.8 Å². The average molecular weight is 116 g/mol. The molecule has 1 rings (SSSR count). The maximum atomic E-state index is 8.77. The van der Waals surface area contributed by atoms with E-state index in [9.17, 15) is 0 Å². The van der Waals surface area contributed by atoms with Gasteiger partial charge in [0.15, 0.2) is 0 Å². The van der Waals surface area contributed by atoms with E-state index in [1.54, 1.807) is 0 Å². The molecule has 1 heterocycles. The van der Waals surface area contributed by atoms with Crippen LogP contribution in [0.2, 0.25) is 0 Å². The van der Waals surface area contributed by atoms with E-state index in [4.69, 9.17) is 9.84 Å². The van der Waals surface area contributed by atoms with Crippen LogP contribution in [0.5, 0.6) is 0 Å². The maximum absolute atomic E-state index is 8.77. The van der Waals surface area contributed by atoms with Gasteiger partial charge in [0.25, 0.3) is 0 Å². The highest BCUT2D eigenvalue weighted by atomic mass is 16.6. The second-order valence-corrected chi connectivity index (χ2v) is 2.38. The first-order valence-electron chi connectivity index (χ1n) is 3.08. The Kier molecular flexibility index (Phi) is 1.86. The molecule has 0 radical (unpaired) electrons. The van der Waals surface area contributed by atoms with Crippen LogP contribution in [0.25, 0.3) is 0 Å². The molecule has 0 aromatic heterocycles. The summed E-state index contributed by atoms with van der Waals surface area (Å²) in [7, 11) is 0. The monoisotopic (exact) mass is 116 g/mol. The molecule has 0 aromatic carbocycles. The molecule has 1 fully saturated rings. The van der Waals surface area contributed by atoms with Crippen molar-refractivity contribution in [2.75, 3.05) is 6.61 Å². The van der Waals surface area contributed by atoms with Gasteiger partial charge < -0.3 is 9.84 Å². The summed E-state index contributed by atoms with van der Waals surface area (Å²) in [6.45, 7) is 2.72. The zero-order valence-corrected chi connectivity index (χ0v) is 5.13. The van der Waals surface area contributed by atoms with E-state index in [1.165, 1.54) is 0 Å². The maximum Gasteiger partial charge on any atom is 0.0810 e. The summed E-state index contributed by atoms with van der Waals surface area (Å²) in [6.07, 6.45) is 2.23. The van der Waals surface area contributed by atoms with Gasteiger partial charge in [-0.3, -0.25) is 0 Å². The highest BCUT2D eigenvalue weighted by molar-refractivity contribution is 4.69. The minimum Gasteiger partial charge on any atom is -0.393 e. The molecule has 2 atom stereocenters. The van der Waals surface area contributed by atoms with E-state index < -0.39 is 0 Å². The lowest BCUT2D eigenvalue weighted by Crippen LogP contribution is -2.00. The van der Waals surface area contributed by atoms with Gasteiger partial charge >= 0.3 is 0 Å². The Balaban J connectivity index is 1.87. The number of rotatable bonds is 3. The van der Waals surface area contributed by atoms with E-state index in [0.29, 0.717) is 6.10 Å². The first-order valence-corrected chi connectivity index (χ1v) is 3.08. The number of hydrogen-bond donors (Lipinski definition) is 1. The molecule has 1 aliphatic rings. The van der Waals surface area contributed by atoms with Gasteiger partial charge in [0.05, 0.1) is 18.8 Å². The molecule has 1 N–H and O–H groups in total. The Labute approximate surface area is 49.5 Å². The van der Waals surface area contributed by atoms with Gasteiger partial charge in [-0.15, -0.1) is 0 Å². The zero-order chi connectivity index (χ0) is 5.98. The van der Waals surface area contributed by atoms with Gasteiger partial charge in [-0.25, -0.2) is 0 Å². The highest BCUT2D eigenvalue weighted by Crippen LogP contribution is 2.15. The predicted octanol–water partition coefficient (Wildman–Crippen LogP) is 0.546. The Hall–Kier alpha value is -0.0800. The van der Waals surface area contributed by atoms with Gasteiger partial charge in [0, 0.05) is 0 Å². The van der Waals surface area contributed by atoms with Crippen LogP contribution in [-0.2, 0) is 4.74 Å². The molecule has 0 aromatic rings. The number of ether oxygens (including phenoxy) is 1. The van der Waals surface area contributed by atoms with Crippen LogP contribution in [0, 0.1) is 0 Å². The first kappa shape index (κ1) is 6.05. The second kappa shape index (κ2) is 2.46. The number of aliphatic hydroxyl groups excluding tert-OH is 1. The number of aliphatic hydroxyl groups is 1. The van der Waals surface area contributed by atoms with E-state index in [1.807, 2.05) is 6.92 Å². The van der Waals surface area contributed by atoms with Gasteiger partial charge in [0.2, 0.25) is 0 Å². The van der Waals surface area contributed by atoms with E-state index >= 15 is 0 Å². The fourth-order valence-electron chi connectivity index (χ4n) is 0.662. The van der Waals surface area contributed by atoms with Crippen LogP contribution < -0.4 is 0 Å². The molecule has 0 aliphatic carbocycles. The Morgan fingerprint density at radius 3 is 2.88 bits per heavy atom. The summed E-state index contributed by atoms with van der Waals surface area (Å²) in [5.74, 6) is 0. The van der Waals surface area contributed by atoms with Crippen molar-refractivity contribution in [1.29, 1.82) is 0 Å². The highest BCUT2D eigenvalue weighted by Gasteiger charge is 2.21. The van der Waals surface area contributed by atoms with Gasteiger partial charge in [0.1, 0.15) is 0 Å².